The summed E-state index contributed by atoms with van der Waals surface area (Å²) in [7, 11) is 1.76. The third kappa shape index (κ3) is 5.23. The van der Waals surface area contributed by atoms with E-state index in [9.17, 15) is 9.59 Å². The molecule has 0 aliphatic carbocycles. The van der Waals surface area contributed by atoms with Crippen molar-refractivity contribution in [1.29, 1.82) is 0 Å². The third-order valence-corrected chi connectivity index (χ3v) is 4.41. The number of aromatic nitrogens is 2. The number of pyridine rings is 2. The van der Waals surface area contributed by atoms with Gasteiger partial charge in [0.1, 0.15) is 0 Å². The fraction of sp³-hybridized carbons (Fsp3) is 0.182. The van der Waals surface area contributed by atoms with E-state index >= 15 is 0 Å². The summed E-state index contributed by atoms with van der Waals surface area (Å²) in [5.74, 6) is -0.330. The SMILES string of the molecule is CN(CCc1ccncc1)C(=O)c1cccc(C(=O)NCc2ccncc2)c1. The van der Waals surface area contributed by atoms with Crippen LogP contribution in [0, 0.1) is 0 Å². The van der Waals surface area contributed by atoms with Crippen LogP contribution in [0.1, 0.15) is 31.8 Å². The molecule has 0 radical (unpaired) electrons. The van der Waals surface area contributed by atoms with Gasteiger partial charge in [-0.2, -0.15) is 0 Å². The largest absolute Gasteiger partial charge is 0.348 e. The topological polar surface area (TPSA) is 75.2 Å². The Kier molecular flexibility index (Phi) is 6.46. The first kappa shape index (κ1) is 19.2. The molecule has 28 heavy (non-hydrogen) atoms. The predicted octanol–water partition coefficient (Wildman–Crippen LogP) is 2.72. The number of rotatable bonds is 7. The highest BCUT2D eigenvalue weighted by Crippen LogP contribution is 2.09. The number of likely N-dealkylation sites (N-methyl/N-ethyl adjacent to an activating group) is 1. The quantitative estimate of drug-likeness (QED) is 0.690. The summed E-state index contributed by atoms with van der Waals surface area (Å²) in [6.45, 7) is 0.993. The molecule has 1 N–H and O–H groups in total. The third-order valence-electron chi connectivity index (χ3n) is 4.41. The molecule has 6 nitrogen and oxygen atoms in total. The van der Waals surface area contributed by atoms with E-state index in [1.165, 1.54) is 0 Å². The van der Waals surface area contributed by atoms with Gasteiger partial charge in [0.15, 0.2) is 0 Å². The molecule has 0 fully saturated rings. The number of nitrogens with one attached hydrogen (secondary N) is 1. The summed E-state index contributed by atoms with van der Waals surface area (Å²) in [6.07, 6.45) is 7.60. The van der Waals surface area contributed by atoms with Crippen LogP contribution in [0.4, 0.5) is 0 Å². The number of hydrogen-bond acceptors (Lipinski definition) is 4. The fourth-order valence-corrected chi connectivity index (χ4v) is 2.75. The average molecular weight is 374 g/mol. The van der Waals surface area contributed by atoms with E-state index in [0.29, 0.717) is 24.2 Å². The lowest BCUT2D eigenvalue weighted by molar-refractivity contribution is 0.0796. The van der Waals surface area contributed by atoms with Crippen LogP contribution in [0.2, 0.25) is 0 Å². The molecule has 2 heterocycles. The van der Waals surface area contributed by atoms with Crippen molar-refractivity contribution in [2.45, 2.75) is 13.0 Å². The summed E-state index contributed by atoms with van der Waals surface area (Å²) in [5, 5.41) is 2.86. The first-order chi connectivity index (χ1) is 13.6. The second-order valence-electron chi connectivity index (χ2n) is 6.45. The van der Waals surface area contributed by atoms with Crippen LogP contribution in [-0.2, 0) is 13.0 Å². The highest BCUT2D eigenvalue weighted by atomic mass is 16.2. The van der Waals surface area contributed by atoms with Crippen LogP contribution in [0.15, 0.2) is 73.3 Å². The number of carbonyl (C=O) groups is 2. The Morgan fingerprint density at radius 2 is 1.50 bits per heavy atom. The van der Waals surface area contributed by atoms with Gasteiger partial charge in [0.25, 0.3) is 11.8 Å². The van der Waals surface area contributed by atoms with Gasteiger partial charge in [0, 0.05) is 56.1 Å². The summed E-state index contributed by atoms with van der Waals surface area (Å²) in [4.78, 5) is 34.7. The van der Waals surface area contributed by atoms with Gasteiger partial charge in [-0.25, -0.2) is 0 Å². The second-order valence-corrected chi connectivity index (χ2v) is 6.45. The van der Waals surface area contributed by atoms with E-state index in [1.807, 2.05) is 24.3 Å². The zero-order chi connectivity index (χ0) is 19.8. The predicted molar refractivity (Wildman–Crippen MR) is 107 cm³/mol. The smallest absolute Gasteiger partial charge is 0.253 e. The number of amides is 2. The molecule has 0 saturated carbocycles. The Morgan fingerprint density at radius 1 is 0.893 bits per heavy atom. The van der Waals surface area contributed by atoms with Gasteiger partial charge in [0.05, 0.1) is 0 Å². The van der Waals surface area contributed by atoms with Gasteiger partial charge < -0.3 is 10.2 Å². The molecular formula is C22H22N4O2. The summed E-state index contributed by atoms with van der Waals surface area (Å²) >= 11 is 0. The Balaban J connectivity index is 1.59. The summed E-state index contributed by atoms with van der Waals surface area (Å²) in [6, 6.07) is 14.4. The minimum absolute atomic E-state index is 0.113. The van der Waals surface area contributed by atoms with Gasteiger partial charge in [-0.05, 0) is 60.0 Å². The number of nitrogens with zero attached hydrogens (tertiary/aromatic N) is 3. The van der Waals surface area contributed by atoms with E-state index in [-0.39, 0.29) is 11.8 Å². The first-order valence-corrected chi connectivity index (χ1v) is 9.05. The van der Waals surface area contributed by atoms with Crippen LogP contribution in [0.25, 0.3) is 0 Å². The van der Waals surface area contributed by atoms with Crippen molar-refractivity contribution in [2.75, 3.05) is 13.6 Å². The second kappa shape index (κ2) is 9.41. The fourth-order valence-electron chi connectivity index (χ4n) is 2.75. The zero-order valence-electron chi connectivity index (χ0n) is 15.7. The molecule has 3 rings (SSSR count). The molecule has 0 bridgehead atoms. The van der Waals surface area contributed by atoms with Gasteiger partial charge in [-0.1, -0.05) is 6.07 Å². The van der Waals surface area contributed by atoms with Crippen LogP contribution in [0.3, 0.4) is 0 Å². The van der Waals surface area contributed by atoms with Crippen molar-refractivity contribution in [3.8, 4) is 0 Å². The van der Waals surface area contributed by atoms with Crippen molar-refractivity contribution in [2.24, 2.45) is 0 Å². The van der Waals surface area contributed by atoms with Crippen LogP contribution in [0.5, 0.6) is 0 Å². The maximum absolute atomic E-state index is 12.7. The zero-order valence-corrected chi connectivity index (χ0v) is 15.7. The molecule has 0 aliphatic heterocycles. The molecule has 2 amide bonds. The average Bonchev–Trinajstić information content (AvgIpc) is 2.76. The number of benzene rings is 1. The molecule has 3 aromatic rings. The molecule has 142 valence electrons. The molecule has 0 atom stereocenters. The lowest BCUT2D eigenvalue weighted by atomic mass is 10.1. The number of carbonyl (C=O) groups excluding carboxylic acids is 2. The molecule has 0 unspecified atom stereocenters. The number of hydrogen-bond donors (Lipinski definition) is 1. The van der Waals surface area contributed by atoms with Gasteiger partial charge in [-0.3, -0.25) is 19.6 Å². The summed E-state index contributed by atoms with van der Waals surface area (Å²) < 4.78 is 0. The van der Waals surface area contributed by atoms with Crippen molar-refractivity contribution in [1.82, 2.24) is 20.2 Å². The summed E-state index contributed by atoms with van der Waals surface area (Å²) in [5.41, 5.74) is 3.04. The Bertz CT molecular complexity index is 930. The lowest BCUT2D eigenvalue weighted by Crippen LogP contribution is -2.29. The van der Waals surface area contributed by atoms with E-state index in [0.717, 1.165) is 17.5 Å². The Labute approximate surface area is 164 Å². The van der Waals surface area contributed by atoms with Crippen molar-refractivity contribution >= 4 is 11.8 Å². The standard InChI is InChI=1S/C22H22N4O2/c1-26(14-9-17-5-10-23-11-6-17)22(28)20-4-2-3-19(15-20)21(27)25-16-18-7-12-24-13-8-18/h2-8,10-13,15H,9,14,16H2,1H3,(H,25,27). The molecule has 0 aliphatic rings. The van der Waals surface area contributed by atoms with Crippen LogP contribution >= 0.6 is 0 Å². The lowest BCUT2D eigenvalue weighted by Gasteiger charge is -2.17. The van der Waals surface area contributed by atoms with Crippen molar-refractivity contribution in [3.05, 3.63) is 95.6 Å². The normalized spacial score (nSPS) is 10.3. The van der Waals surface area contributed by atoms with E-state index in [2.05, 4.69) is 15.3 Å². The van der Waals surface area contributed by atoms with Gasteiger partial charge in [-0.15, -0.1) is 0 Å². The molecule has 0 saturated heterocycles. The maximum atomic E-state index is 12.7. The Hall–Kier alpha value is -3.54. The molecule has 0 spiro atoms. The molecule has 1 aromatic carbocycles. The highest BCUT2D eigenvalue weighted by molar-refractivity contribution is 5.99. The monoisotopic (exact) mass is 374 g/mol. The van der Waals surface area contributed by atoms with E-state index < -0.39 is 0 Å². The minimum atomic E-state index is -0.217. The van der Waals surface area contributed by atoms with E-state index in [1.54, 1.807) is 61.0 Å². The van der Waals surface area contributed by atoms with Crippen molar-refractivity contribution in [3.63, 3.8) is 0 Å². The molecule has 6 heteroatoms. The van der Waals surface area contributed by atoms with Crippen LogP contribution in [-0.4, -0.2) is 40.3 Å². The van der Waals surface area contributed by atoms with Gasteiger partial charge in [0.2, 0.25) is 0 Å². The van der Waals surface area contributed by atoms with E-state index in [4.69, 9.17) is 0 Å². The van der Waals surface area contributed by atoms with Crippen molar-refractivity contribution < 1.29 is 9.59 Å². The minimum Gasteiger partial charge on any atom is -0.348 e. The highest BCUT2D eigenvalue weighted by Gasteiger charge is 2.14. The Morgan fingerprint density at radius 3 is 2.18 bits per heavy atom. The van der Waals surface area contributed by atoms with Crippen LogP contribution < -0.4 is 5.32 Å². The maximum Gasteiger partial charge on any atom is 0.253 e. The molecule has 2 aromatic heterocycles. The first-order valence-electron chi connectivity index (χ1n) is 9.05. The molecular weight excluding hydrogens is 352 g/mol. The van der Waals surface area contributed by atoms with Gasteiger partial charge >= 0.3 is 0 Å².